The summed E-state index contributed by atoms with van der Waals surface area (Å²) in [6, 6.07) is 11.1. The highest BCUT2D eigenvalue weighted by Gasteiger charge is 2.37. The molecule has 0 saturated carbocycles. The van der Waals surface area contributed by atoms with Crippen molar-refractivity contribution in [3.8, 4) is 11.1 Å². The predicted molar refractivity (Wildman–Crippen MR) is 73.6 cm³/mol. The maximum atomic E-state index is 13.4. The fraction of sp³-hybridized carbons (Fsp3) is 0.143. The van der Waals surface area contributed by atoms with Crippen LogP contribution < -0.4 is 10.4 Å². The van der Waals surface area contributed by atoms with Gasteiger partial charge in [-0.15, -0.1) is 0 Å². The maximum absolute atomic E-state index is 13.4. The van der Waals surface area contributed by atoms with E-state index in [1.807, 2.05) is 18.2 Å². The van der Waals surface area contributed by atoms with Crippen LogP contribution >= 0.6 is 11.6 Å². The fourth-order valence-corrected chi connectivity index (χ4v) is 6.03. The zero-order valence-corrected chi connectivity index (χ0v) is 11.5. The summed E-state index contributed by atoms with van der Waals surface area (Å²) in [6.07, 6.45) is 0. The second-order valence-electron chi connectivity index (χ2n) is 5.00. The lowest BCUT2D eigenvalue weighted by molar-refractivity contribution is 0.629. The summed E-state index contributed by atoms with van der Waals surface area (Å²) in [5.74, 6) is -0.150. The van der Waals surface area contributed by atoms with Crippen molar-refractivity contribution < 1.29 is 4.39 Å². The molecular weight excluding hydrogens is 251 g/mol. The Bertz CT molecular complexity index is 566. The van der Waals surface area contributed by atoms with Crippen LogP contribution in [-0.4, -0.2) is 8.07 Å². The molecule has 17 heavy (non-hydrogen) atoms. The van der Waals surface area contributed by atoms with E-state index in [9.17, 15) is 4.39 Å². The molecule has 86 valence electrons. The third kappa shape index (κ3) is 1.48. The molecule has 1 aliphatic heterocycles. The zero-order valence-electron chi connectivity index (χ0n) is 9.72. The molecule has 2 aromatic carbocycles. The van der Waals surface area contributed by atoms with Crippen molar-refractivity contribution in [1.29, 1.82) is 0 Å². The van der Waals surface area contributed by atoms with Gasteiger partial charge in [0.05, 0.1) is 0 Å². The molecule has 0 unspecified atom stereocenters. The first-order valence-corrected chi connectivity index (χ1v) is 8.98. The lowest BCUT2D eigenvalue weighted by Gasteiger charge is -2.18. The molecule has 1 aliphatic rings. The Kier molecular flexibility index (Phi) is 2.22. The summed E-state index contributed by atoms with van der Waals surface area (Å²) in [5.41, 5.74) is 2.40. The minimum Gasteiger partial charge on any atom is -0.207 e. The van der Waals surface area contributed by atoms with Gasteiger partial charge in [-0.1, -0.05) is 36.8 Å². The van der Waals surface area contributed by atoms with Crippen molar-refractivity contribution in [2.75, 3.05) is 0 Å². The minimum absolute atomic E-state index is 0.150. The van der Waals surface area contributed by atoms with Gasteiger partial charge >= 0.3 is 0 Å². The number of hydrogen-bond acceptors (Lipinski definition) is 0. The first kappa shape index (κ1) is 11.0. The second kappa shape index (κ2) is 3.44. The van der Waals surface area contributed by atoms with Gasteiger partial charge in [0.15, 0.2) is 0 Å². The molecular formula is C14H12ClFSi. The lowest BCUT2D eigenvalue weighted by Crippen LogP contribution is -2.49. The molecule has 0 aliphatic carbocycles. The third-order valence-corrected chi connectivity index (χ3v) is 7.36. The standard InChI is InChI=1S/C14H12ClFSi/c1-17(2)13-7-9(15)3-5-11(13)12-6-4-10(16)8-14(12)17/h3-8H,1-2H3. The van der Waals surface area contributed by atoms with Gasteiger partial charge in [-0.3, -0.25) is 0 Å². The summed E-state index contributed by atoms with van der Waals surface area (Å²) >= 11 is 6.07. The van der Waals surface area contributed by atoms with Crippen LogP contribution in [0.1, 0.15) is 0 Å². The quantitative estimate of drug-likeness (QED) is 0.639. The summed E-state index contributed by atoms with van der Waals surface area (Å²) < 4.78 is 13.4. The van der Waals surface area contributed by atoms with Crippen LogP contribution in [0, 0.1) is 5.82 Å². The Balaban J connectivity index is 2.37. The summed E-state index contributed by atoms with van der Waals surface area (Å²) in [6.45, 7) is 4.49. The van der Waals surface area contributed by atoms with E-state index in [0.29, 0.717) is 0 Å². The summed E-state index contributed by atoms with van der Waals surface area (Å²) in [5, 5.41) is 3.25. The Hall–Kier alpha value is -1.12. The molecule has 1 heterocycles. The molecule has 0 spiro atoms. The topological polar surface area (TPSA) is 0 Å². The smallest absolute Gasteiger partial charge is 0.123 e. The normalized spacial score (nSPS) is 15.5. The van der Waals surface area contributed by atoms with E-state index in [1.54, 1.807) is 6.07 Å². The number of halogens is 2. The van der Waals surface area contributed by atoms with Crippen LogP contribution in [-0.2, 0) is 0 Å². The van der Waals surface area contributed by atoms with Gasteiger partial charge in [0.2, 0.25) is 0 Å². The van der Waals surface area contributed by atoms with Gasteiger partial charge in [0.25, 0.3) is 0 Å². The molecule has 0 aromatic heterocycles. The van der Waals surface area contributed by atoms with Crippen LogP contribution in [0.5, 0.6) is 0 Å². The number of benzene rings is 2. The molecule has 0 nitrogen and oxygen atoms in total. The van der Waals surface area contributed by atoms with Crippen molar-refractivity contribution in [3.05, 3.63) is 47.2 Å². The summed E-state index contributed by atoms with van der Waals surface area (Å²) in [4.78, 5) is 0. The molecule has 0 radical (unpaired) electrons. The van der Waals surface area contributed by atoms with Crippen molar-refractivity contribution in [3.63, 3.8) is 0 Å². The molecule has 0 amide bonds. The number of fused-ring (bicyclic) bond motifs is 3. The monoisotopic (exact) mass is 262 g/mol. The van der Waals surface area contributed by atoms with Crippen molar-refractivity contribution in [2.45, 2.75) is 13.1 Å². The van der Waals surface area contributed by atoms with Gasteiger partial charge in [-0.05, 0) is 45.8 Å². The molecule has 0 bridgehead atoms. The van der Waals surface area contributed by atoms with E-state index in [2.05, 4.69) is 19.2 Å². The average Bonchev–Trinajstić information content (AvgIpc) is 2.49. The Morgan fingerprint density at radius 2 is 1.53 bits per heavy atom. The maximum Gasteiger partial charge on any atom is 0.123 e. The second-order valence-corrected chi connectivity index (χ2v) is 9.77. The van der Waals surface area contributed by atoms with Crippen LogP contribution in [0.4, 0.5) is 4.39 Å². The van der Waals surface area contributed by atoms with Crippen LogP contribution in [0.25, 0.3) is 11.1 Å². The van der Waals surface area contributed by atoms with Crippen molar-refractivity contribution >= 4 is 30.0 Å². The Morgan fingerprint density at radius 3 is 2.24 bits per heavy atom. The highest BCUT2D eigenvalue weighted by atomic mass is 35.5. The van der Waals surface area contributed by atoms with Gasteiger partial charge in [0.1, 0.15) is 13.9 Å². The van der Waals surface area contributed by atoms with Gasteiger partial charge < -0.3 is 0 Å². The minimum atomic E-state index is -1.77. The van der Waals surface area contributed by atoms with E-state index in [4.69, 9.17) is 11.6 Å². The predicted octanol–water partition coefficient (Wildman–Crippen LogP) is 3.28. The highest BCUT2D eigenvalue weighted by molar-refractivity contribution is 7.03. The van der Waals surface area contributed by atoms with Gasteiger partial charge in [-0.25, -0.2) is 4.39 Å². The van der Waals surface area contributed by atoms with E-state index >= 15 is 0 Å². The van der Waals surface area contributed by atoms with E-state index in [1.165, 1.54) is 27.6 Å². The third-order valence-electron chi connectivity index (χ3n) is 3.60. The zero-order chi connectivity index (χ0) is 12.2. The van der Waals surface area contributed by atoms with Crippen molar-refractivity contribution in [1.82, 2.24) is 0 Å². The first-order valence-electron chi connectivity index (χ1n) is 5.60. The highest BCUT2D eigenvalue weighted by Crippen LogP contribution is 2.29. The van der Waals surface area contributed by atoms with Crippen LogP contribution in [0.3, 0.4) is 0 Å². The number of rotatable bonds is 0. The molecule has 0 fully saturated rings. The molecule has 3 heteroatoms. The van der Waals surface area contributed by atoms with E-state index < -0.39 is 8.07 Å². The van der Waals surface area contributed by atoms with E-state index in [0.717, 1.165) is 5.02 Å². The fourth-order valence-electron chi connectivity index (χ4n) is 2.68. The summed E-state index contributed by atoms with van der Waals surface area (Å²) in [7, 11) is -1.77. The molecule has 0 atom stereocenters. The largest absolute Gasteiger partial charge is 0.207 e. The average molecular weight is 263 g/mol. The molecule has 3 rings (SSSR count). The number of hydrogen-bond donors (Lipinski definition) is 0. The van der Waals surface area contributed by atoms with Crippen LogP contribution in [0.2, 0.25) is 18.1 Å². The van der Waals surface area contributed by atoms with Gasteiger partial charge in [-0.2, -0.15) is 0 Å². The van der Waals surface area contributed by atoms with Crippen LogP contribution in [0.15, 0.2) is 36.4 Å². The van der Waals surface area contributed by atoms with E-state index in [-0.39, 0.29) is 5.82 Å². The van der Waals surface area contributed by atoms with Crippen molar-refractivity contribution in [2.24, 2.45) is 0 Å². The lowest BCUT2D eigenvalue weighted by atomic mass is 10.1. The Morgan fingerprint density at radius 1 is 0.941 bits per heavy atom. The first-order chi connectivity index (χ1) is 8.00. The van der Waals surface area contributed by atoms with Gasteiger partial charge in [0, 0.05) is 5.02 Å². The molecule has 0 saturated heterocycles. The molecule has 0 N–H and O–H groups in total. The Labute approximate surface area is 106 Å². The SMILES string of the molecule is C[Si]1(C)c2cc(F)ccc2-c2ccc(Cl)cc21. The molecule has 2 aromatic rings.